The Morgan fingerprint density at radius 1 is 1.45 bits per heavy atom. The highest BCUT2D eigenvalue weighted by Crippen LogP contribution is 2.36. The summed E-state index contributed by atoms with van der Waals surface area (Å²) in [7, 11) is 0. The van der Waals surface area contributed by atoms with Crippen LogP contribution in [0.1, 0.15) is 19.3 Å². The summed E-state index contributed by atoms with van der Waals surface area (Å²) in [5.41, 5.74) is 5.95. The number of hydrogen-bond acceptors (Lipinski definition) is 2. The molecule has 1 amide bonds. The maximum Gasteiger partial charge on any atom is 0.220 e. The maximum atomic E-state index is 10.8. The highest BCUT2D eigenvalue weighted by atomic mass is 16.1. The second-order valence-corrected chi connectivity index (χ2v) is 3.68. The molecule has 2 aliphatic rings. The van der Waals surface area contributed by atoms with E-state index < -0.39 is 0 Å². The predicted octanol–water partition coefficient (Wildman–Crippen LogP) is -0.140. The van der Waals surface area contributed by atoms with Crippen molar-refractivity contribution in [1.29, 1.82) is 0 Å². The third-order valence-corrected chi connectivity index (χ3v) is 2.72. The quantitative estimate of drug-likeness (QED) is 0.581. The van der Waals surface area contributed by atoms with Gasteiger partial charge >= 0.3 is 0 Å². The van der Waals surface area contributed by atoms with Crippen LogP contribution in [0.2, 0.25) is 0 Å². The molecule has 2 fully saturated rings. The van der Waals surface area contributed by atoms with Crippen LogP contribution in [-0.4, -0.2) is 18.5 Å². The SMILES string of the molecule is NC(C1CC1)C1CNC(=O)C1. The summed E-state index contributed by atoms with van der Waals surface area (Å²) in [4.78, 5) is 10.8. The molecule has 0 bridgehead atoms. The van der Waals surface area contributed by atoms with Crippen LogP contribution in [-0.2, 0) is 4.79 Å². The van der Waals surface area contributed by atoms with Crippen molar-refractivity contribution in [3.8, 4) is 0 Å². The summed E-state index contributed by atoms with van der Waals surface area (Å²) in [5, 5.41) is 2.81. The zero-order valence-corrected chi connectivity index (χ0v) is 6.55. The number of nitrogens with one attached hydrogen (secondary N) is 1. The van der Waals surface area contributed by atoms with E-state index in [1.54, 1.807) is 0 Å². The molecule has 1 saturated heterocycles. The van der Waals surface area contributed by atoms with Gasteiger partial charge in [0.2, 0.25) is 5.91 Å². The van der Waals surface area contributed by atoms with Gasteiger partial charge in [-0.15, -0.1) is 0 Å². The van der Waals surface area contributed by atoms with E-state index >= 15 is 0 Å². The van der Waals surface area contributed by atoms with Gasteiger partial charge in [0.05, 0.1) is 0 Å². The third-order valence-electron chi connectivity index (χ3n) is 2.72. The maximum absolute atomic E-state index is 10.8. The molecule has 1 heterocycles. The lowest BCUT2D eigenvalue weighted by molar-refractivity contribution is -0.119. The van der Waals surface area contributed by atoms with Crippen LogP contribution in [0.15, 0.2) is 0 Å². The number of carbonyl (C=O) groups is 1. The minimum absolute atomic E-state index is 0.172. The first-order chi connectivity index (χ1) is 5.27. The van der Waals surface area contributed by atoms with Crippen LogP contribution in [0.3, 0.4) is 0 Å². The van der Waals surface area contributed by atoms with Gasteiger partial charge in [0.15, 0.2) is 0 Å². The van der Waals surface area contributed by atoms with Crippen molar-refractivity contribution in [2.45, 2.75) is 25.3 Å². The van der Waals surface area contributed by atoms with Crippen molar-refractivity contribution in [1.82, 2.24) is 5.32 Å². The molecule has 2 unspecified atom stereocenters. The highest BCUT2D eigenvalue weighted by molar-refractivity contribution is 5.78. The minimum Gasteiger partial charge on any atom is -0.356 e. The van der Waals surface area contributed by atoms with E-state index in [1.165, 1.54) is 12.8 Å². The van der Waals surface area contributed by atoms with Crippen molar-refractivity contribution in [2.24, 2.45) is 17.6 Å². The Hall–Kier alpha value is -0.570. The van der Waals surface area contributed by atoms with Crippen LogP contribution in [0.25, 0.3) is 0 Å². The van der Waals surface area contributed by atoms with Crippen LogP contribution >= 0.6 is 0 Å². The van der Waals surface area contributed by atoms with E-state index in [9.17, 15) is 4.79 Å². The summed E-state index contributed by atoms with van der Waals surface area (Å²) in [6.07, 6.45) is 3.19. The van der Waals surface area contributed by atoms with E-state index in [1.807, 2.05) is 0 Å². The fourth-order valence-electron chi connectivity index (χ4n) is 1.77. The number of hydrogen-bond donors (Lipinski definition) is 2. The van der Waals surface area contributed by atoms with Crippen LogP contribution in [0, 0.1) is 11.8 Å². The van der Waals surface area contributed by atoms with Gasteiger partial charge < -0.3 is 11.1 Å². The second kappa shape index (κ2) is 2.48. The van der Waals surface area contributed by atoms with E-state index in [4.69, 9.17) is 5.73 Å². The molecule has 1 aliphatic carbocycles. The Labute approximate surface area is 66.3 Å². The molecule has 0 aromatic heterocycles. The molecule has 3 nitrogen and oxygen atoms in total. The predicted molar refractivity (Wildman–Crippen MR) is 41.8 cm³/mol. The van der Waals surface area contributed by atoms with Gasteiger partial charge in [-0.2, -0.15) is 0 Å². The normalized spacial score (nSPS) is 33.5. The molecule has 3 heteroatoms. The molecule has 0 aromatic carbocycles. The molecule has 11 heavy (non-hydrogen) atoms. The molecular weight excluding hydrogens is 140 g/mol. The molecule has 2 rings (SSSR count). The molecule has 0 aromatic rings. The van der Waals surface area contributed by atoms with Gasteiger partial charge in [-0.05, 0) is 18.8 Å². The molecule has 0 radical (unpaired) electrons. The Bertz CT molecular complexity index is 177. The first kappa shape index (κ1) is 7.10. The van der Waals surface area contributed by atoms with E-state index in [2.05, 4.69) is 5.32 Å². The van der Waals surface area contributed by atoms with Crippen molar-refractivity contribution in [3.05, 3.63) is 0 Å². The van der Waals surface area contributed by atoms with Gasteiger partial charge in [-0.25, -0.2) is 0 Å². The van der Waals surface area contributed by atoms with Gasteiger partial charge in [-0.1, -0.05) is 0 Å². The first-order valence-corrected chi connectivity index (χ1v) is 4.29. The molecular formula is C8H14N2O. The smallest absolute Gasteiger partial charge is 0.220 e. The topological polar surface area (TPSA) is 55.1 Å². The van der Waals surface area contributed by atoms with E-state index in [-0.39, 0.29) is 11.9 Å². The average molecular weight is 154 g/mol. The largest absolute Gasteiger partial charge is 0.356 e. The second-order valence-electron chi connectivity index (χ2n) is 3.68. The molecule has 2 atom stereocenters. The minimum atomic E-state index is 0.172. The zero-order chi connectivity index (χ0) is 7.84. The Morgan fingerprint density at radius 2 is 2.18 bits per heavy atom. The summed E-state index contributed by atoms with van der Waals surface area (Å²) in [6, 6.07) is 0.272. The van der Waals surface area contributed by atoms with Gasteiger partial charge in [0.1, 0.15) is 0 Å². The lowest BCUT2D eigenvalue weighted by Crippen LogP contribution is -2.33. The Morgan fingerprint density at radius 3 is 2.64 bits per heavy atom. The summed E-state index contributed by atoms with van der Waals surface area (Å²) in [6.45, 7) is 0.802. The van der Waals surface area contributed by atoms with Crippen molar-refractivity contribution in [2.75, 3.05) is 6.54 Å². The number of amides is 1. The Kier molecular flexibility index (Phi) is 1.60. The lowest BCUT2D eigenvalue weighted by atomic mass is 9.96. The molecule has 1 saturated carbocycles. The van der Waals surface area contributed by atoms with Crippen LogP contribution < -0.4 is 11.1 Å². The lowest BCUT2D eigenvalue weighted by Gasteiger charge is -2.15. The van der Waals surface area contributed by atoms with Crippen molar-refractivity contribution < 1.29 is 4.79 Å². The highest BCUT2D eigenvalue weighted by Gasteiger charge is 2.36. The summed E-state index contributed by atoms with van der Waals surface area (Å²) < 4.78 is 0. The number of nitrogens with two attached hydrogens (primary N) is 1. The van der Waals surface area contributed by atoms with Crippen molar-refractivity contribution >= 4 is 5.91 Å². The first-order valence-electron chi connectivity index (χ1n) is 4.29. The third kappa shape index (κ3) is 1.38. The van der Waals surface area contributed by atoms with Gasteiger partial charge in [-0.3, -0.25) is 4.79 Å². The molecule has 62 valence electrons. The van der Waals surface area contributed by atoms with E-state index in [0.717, 1.165) is 6.54 Å². The summed E-state index contributed by atoms with van der Waals surface area (Å²) >= 11 is 0. The fourth-order valence-corrected chi connectivity index (χ4v) is 1.77. The van der Waals surface area contributed by atoms with E-state index in [0.29, 0.717) is 18.3 Å². The zero-order valence-electron chi connectivity index (χ0n) is 6.55. The fraction of sp³-hybridized carbons (Fsp3) is 0.875. The van der Waals surface area contributed by atoms with Gasteiger partial charge in [0.25, 0.3) is 0 Å². The van der Waals surface area contributed by atoms with Gasteiger partial charge in [0, 0.05) is 24.9 Å². The van der Waals surface area contributed by atoms with Crippen LogP contribution in [0.5, 0.6) is 0 Å². The standard InChI is InChI=1S/C8H14N2O/c9-8(5-1-2-5)6-3-7(11)10-4-6/h5-6,8H,1-4,9H2,(H,10,11). The molecule has 3 N–H and O–H groups in total. The Balaban J connectivity index is 1.89. The monoisotopic (exact) mass is 154 g/mol. The van der Waals surface area contributed by atoms with Crippen LogP contribution in [0.4, 0.5) is 0 Å². The summed E-state index contributed by atoms with van der Waals surface area (Å²) in [5.74, 6) is 1.30. The average Bonchev–Trinajstić information content (AvgIpc) is 2.74. The van der Waals surface area contributed by atoms with Crippen molar-refractivity contribution in [3.63, 3.8) is 0 Å². The molecule has 0 spiro atoms. The molecule has 1 aliphatic heterocycles. The number of carbonyl (C=O) groups excluding carboxylic acids is 1. The number of rotatable bonds is 2.